The number of nitrogens with one attached hydrogen (secondary N) is 1. The molecular formula is C16H17N3O2. The van der Waals surface area contributed by atoms with E-state index in [0.717, 1.165) is 16.8 Å². The van der Waals surface area contributed by atoms with Crippen LogP contribution in [0.25, 0.3) is 11.0 Å². The third-order valence-corrected chi connectivity index (χ3v) is 3.40. The Kier molecular flexibility index (Phi) is 3.48. The first-order valence-electron chi connectivity index (χ1n) is 6.92. The standard InChI is InChI=1S/C16H17N3O2/c1-11(2)19-10-18-14-8-12(5-6-15(14)19)16(20)17-9-13-4-3-7-21-13/h3-8,10-11H,9H2,1-2H3,(H,17,20). The molecule has 0 aliphatic heterocycles. The van der Waals surface area contributed by atoms with Crippen molar-refractivity contribution in [1.82, 2.24) is 14.9 Å². The summed E-state index contributed by atoms with van der Waals surface area (Å²) in [5, 5.41) is 2.83. The van der Waals surface area contributed by atoms with E-state index in [1.54, 1.807) is 18.7 Å². The lowest BCUT2D eigenvalue weighted by atomic mass is 10.2. The number of rotatable bonds is 4. The van der Waals surface area contributed by atoms with Crippen molar-refractivity contribution >= 4 is 16.9 Å². The van der Waals surface area contributed by atoms with Crippen molar-refractivity contribution < 1.29 is 9.21 Å². The number of imidazole rings is 1. The van der Waals surface area contributed by atoms with E-state index in [4.69, 9.17) is 4.42 Å². The molecule has 3 rings (SSSR count). The summed E-state index contributed by atoms with van der Waals surface area (Å²) in [6.07, 6.45) is 3.39. The maximum Gasteiger partial charge on any atom is 0.251 e. The second kappa shape index (κ2) is 5.44. The van der Waals surface area contributed by atoms with Gasteiger partial charge in [0, 0.05) is 11.6 Å². The smallest absolute Gasteiger partial charge is 0.251 e. The minimum Gasteiger partial charge on any atom is -0.467 e. The zero-order chi connectivity index (χ0) is 14.8. The first-order valence-corrected chi connectivity index (χ1v) is 6.92. The van der Waals surface area contributed by atoms with Gasteiger partial charge in [-0.3, -0.25) is 4.79 Å². The molecule has 0 fully saturated rings. The average molecular weight is 283 g/mol. The van der Waals surface area contributed by atoms with Crippen LogP contribution < -0.4 is 5.32 Å². The van der Waals surface area contributed by atoms with Crippen LogP contribution in [0.3, 0.4) is 0 Å². The zero-order valence-electron chi connectivity index (χ0n) is 12.0. The highest BCUT2D eigenvalue weighted by molar-refractivity contribution is 5.97. The van der Waals surface area contributed by atoms with E-state index < -0.39 is 0 Å². The third kappa shape index (κ3) is 2.67. The summed E-state index contributed by atoms with van der Waals surface area (Å²) in [4.78, 5) is 16.5. The van der Waals surface area contributed by atoms with Crippen molar-refractivity contribution in [2.75, 3.05) is 0 Å². The fourth-order valence-corrected chi connectivity index (χ4v) is 2.27. The Morgan fingerprint density at radius 1 is 1.38 bits per heavy atom. The Morgan fingerprint density at radius 2 is 2.24 bits per heavy atom. The number of fused-ring (bicyclic) bond motifs is 1. The van der Waals surface area contributed by atoms with E-state index in [9.17, 15) is 4.79 Å². The van der Waals surface area contributed by atoms with Crippen LogP contribution in [0.4, 0.5) is 0 Å². The molecule has 3 aromatic rings. The van der Waals surface area contributed by atoms with Gasteiger partial charge >= 0.3 is 0 Å². The van der Waals surface area contributed by atoms with Gasteiger partial charge in [0.05, 0.1) is 30.2 Å². The molecule has 0 aliphatic rings. The van der Waals surface area contributed by atoms with E-state index in [0.29, 0.717) is 18.2 Å². The number of aromatic nitrogens is 2. The Bertz CT molecular complexity index is 757. The minimum absolute atomic E-state index is 0.132. The number of carbonyl (C=O) groups is 1. The van der Waals surface area contributed by atoms with Gasteiger partial charge in [0.1, 0.15) is 5.76 Å². The monoisotopic (exact) mass is 283 g/mol. The molecule has 0 spiro atoms. The largest absolute Gasteiger partial charge is 0.467 e. The second-order valence-electron chi connectivity index (χ2n) is 5.21. The molecule has 0 atom stereocenters. The average Bonchev–Trinajstić information content (AvgIpc) is 3.13. The van der Waals surface area contributed by atoms with Crippen molar-refractivity contribution in [2.24, 2.45) is 0 Å². The molecule has 5 heteroatoms. The van der Waals surface area contributed by atoms with Crippen molar-refractivity contribution in [3.8, 4) is 0 Å². The number of amides is 1. The van der Waals surface area contributed by atoms with Gasteiger partial charge in [-0.15, -0.1) is 0 Å². The molecule has 0 saturated carbocycles. The Balaban J connectivity index is 1.79. The van der Waals surface area contributed by atoms with Gasteiger partial charge in [-0.1, -0.05) is 0 Å². The van der Waals surface area contributed by atoms with Gasteiger partial charge in [0.2, 0.25) is 0 Å². The van der Waals surface area contributed by atoms with Crippen LogP contribution in [0.15, 0.2) is 47.3 Å². The van der Waals surface area contributed by atoms with Gasteiger partial charge in [-0.05, 0) is 44.2 Å². The maximum atomic E-state index is 12.1. The first-order chi connectivity index (χ1) is 10.1. The fraction of sp³-hybridized carbons (Fsp3) is 0.250. The summed E-state index contributed by atoms with van der Waals surface area (Å²) >= 11 is 0. The van der Waals surface area contributed by atoms with Crippen molar-refractivity contribution in [2.45, 2.75) is 26.4 Å². The van der Waals surface area contributed by atoms with E-state index in [1.165, 1.54) is 0 Å². The normalized spacial score (nSPS) is 11.2. The molecule has 0 bridgehead atoms. The van der Waals surface area contributed by atoms with Gasteiger partial charge in [-0.2, -0.15) is 0 Å². The quantitative estimate of drug-likeness (QED) is 0.800. The Hall–Kier alpha value is -2.56. The van der Waals surface area contributed by atoms with Crippen LogP contribution in [0.1, 0.15) is 36.0 Å². The number of benzene rings is 1. The number of nitrogens with zero attached hydrogens (tertiary/aromatic N) is 2. The molecule has 2 aromatic heterocycles. The van der Waals surface area contributed by atoms with Crippen LogP contribution in [0.5, 0.6) is 0 Å². The minimum atomic E-state index is -0.132. The molecule has 2 heterocycles. The number of hydrogen-bond acceptors (Lipinski definition) is 3. The summed E-state index contributed by atoms with van der Waals surface area (Å²) in [5.41, 5.74) is 2.46. The number of hydrogen-bond donors (Lipinski definition) is 1. The van der Waals surface area contributed by atoms with Gasteiger partial charge in [0.15, 0.2) is 0 Å². The Morgan fingerprint density at radius 3 is 2.95 bits per heavy atom. The SMILES string of the molecule is CC(C)n1cnc2cc(C(=O)NCc3ccco3)ccc21. The molecule has 0 radical (unpaired) electrons. The lowest BCUT2D eigenvalue weighted by Crippen LogP contribution is -2.22. The highest BCUT2D eigenvalue weighted by Crippen LogP contribution is 2.18. The molecule has 5 nitrogen and oxygen atoms in total. The summed E-state index contributed by atoms with van der Waals surface area (Å²) in [6.45, 7) is 4.58. The lowest BCUT2D eigenvalue weighted by Gasteiger charge is -2.08. The summed E-state index contributed by atoms with van der Waals surface area (Å²) in [6, 6.07) is 9.53. The fourth-order valence-electron chi connectivity index (χ4n) is 2.27. The van der Waals surface area contributed by atoms with Crippen LogP contribution in [0.2, 0.25) is 0 Å². The summed E-state index contributed by atoms with van der Waals surface area (Å²) in [5.74, 6) is 0.598. The number of furan rings is 1. The van der Waals surface area contributed by atoms with Gasteiger partial charge in [-0.25, -0.2) is 4.98 Å². The van der Waals surface area contributed by atoms with E-state index in [1.807, 2.05) is 24.3 Å². The highest BCUT2D eigenvalue weighted by Gasteiger charge is 2.10. The molecule has 0 aliphatic carbocycles. The highest BCUT2D eigenvalue weighted by atomic mass is 16.3. The van der Waals surface area contributed by atoms with E-state index in [-0.39, 0.29) is 5.91 Å². The second-order valence-corrected chi connectivity index (χ2v) is 5.21. The molecule has 1 amide bonds. The van der Waals surface area contributed by atoms with Gasteiger partial charge in [0.25, 0.3) is 5.91 Å². The molecular weight excluding hydrogens is 266 g/mol. The molecule has 108 valence electrons. The first kappa shape index (κ1) is 13.4. The Labute approximate surface area is 122 Å². The molecule has 21 heavy (non-hydrogen) atoms. The van der Waals surface area contributed by atoms with E-state index >= 15 is 0 Å². The van der Waals surface area contributed by atoms with Crippen molar-refractivity contribution in [3.05, 3.63) is 54.2 Å². The number of carbonyl (C=O) groups excluding carboxylic acids is 1. The van der Waals surface area contributed by atoms with Gasteiger partial charge < -0.3 is 14.3 Å². The van der Waals surface area contributed by atoms with Crippen LogP contribution in [0, 0.1) is 0 Å². The molecule has 1 N–H and O–H groups in total. The molecule has 1 aromatic carbocycles. The van der Waals surface area contributed by atoms with E-state index in [2.05, 4.69) is 28.7 Å². The molecule has 0 saturated heterocycles. The predicted molar refractivity (Wildman–Crippen MR) is 80.0 cm³/mol. The summed E-state index contributed by atoms with van der Waals surface area (Å²) < 4.78 is 7.27. The van der Waals surface area contributed by atoms with Crippen molar-refractivity contribution in [3.63, 3.8) is 0 Å². The van der Waals surface area contributed by atoms with Crippen LogP contribution in [-0.2, 0) is 6.54 Å². The maximum absolute atomic E-state index is 12.1. The lowest BCUT2D eigenvalue weighted by molar-refractivity contribution is 0.0948. The van der Waals surface area contributed by atoms with Crippen LogP contribution >= 0.6 is 0 Å². The third-order valence-electron chi connectivity index (χ3n) is 3.40. The molecule has 0 unspecified atom stereocenters. The zero-order valence-corrected chi connectivity index (χ0v) is 12.0. The van der Waals surface area contributed by atoms with Crippen LogP contribution in [-0.4, -0.2) is 15.5 Å². The topological polar surface area (TPSA) is 60.1 Å². The van der Waals surface area contributed by atoms with Crippen molar-refractivity contribution in [1.29, 1.82) is 0 Å². The summed E-state index contributed by atoms with van der Waals surface area (Å²) in [7, 11) is 0. The predicted octanol–water partition coefficient (Wildman–Crippen LogP) is 3.14.